The second kappa shape index (κ2) is 6.51. The third-order valence-corrected chi connectivity index (χ3v) is 3.60. The molecular formula is C12H16BrN3O2. The first-order valence-corrected chi connectivity index (χ1v) is 6.26. The van der Waals surface area contributed by atoms with Crippen LogP contribution in [0, 0.1) is 13.8 Å². The van der Waals surface area contributed by atoms with Gasteiger partial charge in [-0.3, -0.25) is 9.59 Å². The predicted molar refractivity (Wildman–Crippen MR) is 74.3 cm³/mol. The summed E-state index contributed by atoms with van der Waals surface area (Å²) in [5.41, 5.74) is 7.90. The highest BCUT2D eigenvalue weighted by molar-refractivity contribution is 9.10. The number of carbonyl (C=O) groups excluding carboxylic acids is 2. The lowest BCUT2D eigenvalue weighted by Crippen LogP contribution is -2.36. The largest absolute Gasteiger partial charge is 0.346 e. The third kappa shape index (κ3) is 4.12. The van der Waals surface area contributed by atoms with Crippen molar-refractivity contribution in [3.05, 3.63) is 27.7 Å². The maximum atomic E-state index is 11.6. The molecule has 1 aromatic carbocycles. The van der Waals surface area contributed by atoms with Crippen LogP contribution >= 0.6 is 15.9 Å². The first-order valence-electron chi connectivity index (χ1n) is 5.47. The lowest BCUT2D eigenvalue weighted by atomic mass is 10.1. The molecule has 6 heteroatoms. The van der Waals surface area contributed by atoms with Crippen molar-refractivity contribution in [1.82, 2.24) is 5.32 Å². The number of hydrogen-bond acceptors (Lipinski definition) is 3. The zero-order chi connectivity index (χ0) is 13.7. The van der Waals surface area contributed by atoms with E-state index in [0.29, 0.717) is 5.69 Å². The van der Waals surface area contributed by atoms with Crippen molar-refractivity contribution in [2.75, 3.05) is 18.4 Å². The minimum atomic E-state index is -0.353. The van der Waals surface area contributed by atoms with Gasteiger partial charge in [0.25, 0.3) is 0 Å². The van der Waals surface area contributed by atoms with Gasteiger partial charge in [0.2, 0.25) is 11.8 Å². The molecule has 2 amide bonds. The summed E-state index contributed by atoms with van der Waals surface area (Å²) in [6.45, 7) is 3.69. The Labute approximate surface area is 114 Å². The van der Waals surface area contributed by atoms with Crippen LogP contribution in [0.25, 0.3) is 0 Å². The summed E-state index contributed by atoms with van der Waals surface area (Å²) in [4.78, 5) is 22.5. The fourth-order valence-corrected chi connectivity index (χ4v) is 1.70. The van der Waals surface area contributed by atoms with Gasteiger partial charge in [0.05, 0.1) is 13.1 Å². The summed E-state index contributed by atoms with van der Waals surface area (Å²) in [7, 11) is 0. The number of nitrogens with two attached hydrogens (primary N) is 1. The van der Waals surface area contributed by atoms with E-state index in [4.69, 9.17) is 5.73 Å². The average molecular weight is 314 g/mol. The third-order valence-electron chi connectivity index (χ3n) is 2.35. The highest BCUT2D eigenvalue weighted by atomic mass is 79.9. The van der Waals surface area contributed by atoms with Crippen LogP contribution < -0.4 is 16.4 Å². The van der Waals surface area contributed by atoms with Gasteiger partial charge in [-0.05, 0) is 37.1 Å². The van der Waals surface area contributed by atoms with E-state index >= 15 is 0 Å². The van der Waals surface area contributed by atoms with E-state index in [1.807, 2.05) is 26.0 Å². The van der Waals surface area contributed by atoms with Gasteiger partial charge in [0.15, 0.2) is 0 Å². The lowest BCUT2D eigenvalue weighted by Gasteiger charge is -2.10. The summed E-state index contributed by atoms with van der Waals surface area (Å²) >= 11 is 3.46. The van der Waals surface area contributed by atoms with Gasteiger partial charge in [-0.2, -0.15) is 0 Å². The van der Waals surface area contributed by atoms with Crippen molar-refractivity contribution < 1.29 is 9.59 Å². The number of hydrogen-bond donors (Lipinski definition) is 3. The average Bonchev–Trinajstić information content (AvgIpc) is 2.32. The molecule has 0 aliphatic heterocycles. The van der Waals surface area contributed by atoms with Gasteiger partial charge in [-0.15, -0.1) is 0 Å². The Morgan fingerprint density at radius 2 is 1.78 bits per heavy atom. The molecule has 5 nitrogen and oxygen atoms in total. The monoisotopic (exact) mass is 313 g/mol. The number of halogens is 1. The van der Waals surface area contributed by atoms with Gasteiger partial charge in [-0.1, -0.05) is 15.9 Å². The summed E-state index contributed by atoms with van der Waals surface area (Å²) in [5.74, 6) is -0.633. The summed E-state index contributed by atoms with van der Waals surface area (Å²) < 4.78 is 1.02. The van der Waals surface area contributed by atoms with Crippen LogP contribution in [0.5, 0.6) is 0 Å². The Kier molecular flexibility index (Phi) is 5.30. The van der Waals surface area contributed by atoms with Crippen LogP contribution in [0.3, 0.4) is 0 Å². The standard InChI is InChI=1S/C12H16BrN3O2/c1-7-3-9(4-8(2)12(7)13)16-11(18)6-15-10(17)5-14/h3-4H,5-6,14H2,1-2H3,(H,15,17)(H,16,18). The first kappa shape index (κ1) is 14.7. The van der Waals surface area contributed by atoms with Gasteiger partial charge in [-0.25, -0.2) is 0 Å². The number of anilines is 1. The molecule has 0 aliphatic carbocycles. The number of amides is 2. The van der Waals surface area contributed by atoms with Gasteiger partial charge in [0.1, 0.15) is 0 Å². The summed E-state index contributed by atoms with van der Waals surface area (Å²) in [6, 6.07) is 3.72. The van der Waals surface area contributed by atoms with Crippen LogP contribution in [0.4, 0.5) is 5.69 Å². The van der Waals surface area contributed by atoms with E-state index in [0.717, 1.165) is 15.6 Å². The fraction of sp³-hybridized carbons (Fsp3) is 0.333. The van der Waals surface area contributed by atoms with Crippen LogP contribution in [0.1, 0.15) is 11.1 Å². The molecule has 0 aromatic heterocycles. The molecule has 0 saturated heterocycles. The maximum absolute atomic E-state index is 11.6. The molecule has 0 spiro atoms. The molecule has 1 rings (SSSR count). The lowest BCUT2D eigenvalue weighted by molar-refractivity contribution is -0.123. The minimum absolute atomic E-state index is 0.0792. The van der Waals surface area contributed by atoms with E-state index in [1.165, 1.54) is 0 Å². The molecule has 0 radical (unpaired) electrons. The quantitative estimate of drug-likeness (QED) is 0.777. The second-order valence-electron chi connectivity index (χ2n) is 3.95. The zero-order valence-corrected chi connectivity index (χ0v) is 11.9. The van der Waals surface area contributed by atoms with E-state index in [-0.39, 0.29) is 24.9 Å². The summed E-state index contributed by atoms with van der Waals surface area (Å²) in [5, 5.41) is 5.12. The van der Waals surface area contributed by atoms with E-state index in [2.05, 4.69) is 26.6 Å². The van der Waals surface area contributed by atoms with Crippen LogP contribution in [-0.2, 0) is 9.59 Å². The highest BCUT2D eigenvalue weighted by Crippen LogP contribution is 2.24. The number of benzene rings is 1. The molecule has 4 N–H and O–H groups in total. The van der Waals surface area contributed by atoms with Crippen LogP contribution in [-0.4, -0.2) is 24.9 Å². The summed E-state index contributed by atoms with van der Waals surface area (Å²) in [6.07, 6.45) is 0. The van der Waals surface area contributed by atoms with Crippen molar-refractivity contribution in [3.63, 3.8) is 0 Å². The smallest absolute Gasteiger partial charge is 0.243 e. The van der Waals surface area contributed by atoms with E-state index in [9.17, 15) is 9.59 Å². The Bertz CT molecular complexity index is 451. The minimum Gasteiger partial charge on any atom is -0.346 e. The number of nitrogens with one attached hydrogen (secondary N) is 2. The van der Waals surface area contributed by atoms with Gasteiger partial charge in [0, 0.05) is 10.2 Å². The Balaban J connectivity index is 2.62. The van der Waals surface area contributed by atoms with Crippen molar-refractivity contribution in [2.45, 2.75) is 13.8 Å². The Hall–Kier alpha value is -1.40. The normalized spacial score (nSPS) is 10.0. The maximum Gasteiger partial charge on any atom is 0.243 e. The molecular weight excluding hydrogens is 298 g/mol. The van der Waals surface area contributed by atoms with Crippen molar-refractivity contribution in [1.29, 1.82) is 0 Å². The Morgan fingerprint density at radius 1 is 1.22 bits per heavy atom. The number of rotatable bonds is 4. The molecule has 0 unspecified atom stereocenters. The highest BCUT2D eigenvalue weighted by Gasteiger charge is 2.07. The molecule has 0 bridgehead atoms. The Morgan fingerprint density at radius 3 is 2.28 bits per heavy atom. The first-order chi connectivity index (χ1) is 8.43. The topological polar surface area (TPSA) is 84.2 Å². The number of carbonyl (C=O) groups is 2. The molecule has 0 heterocycles. The molecule has 0 saturated carbocycles. The fourth-order valence-electron chi connectivity index (χ4n) is 1.47. The molecule has 0 fully saturated rings. The molecule has 0 aliphatic rings. The molecule has 0 atom stereocenters. The van der Waals surface area contributed by atoms with Gasteiger partial charge < -0.3 is 16.4 Å². The second-order valence-corrected chi connectivity index (χ2v) is 4.75. The predicted octanol–water partition coefficient (Wildman–Crippen LogP) is 1.08. The zero-order valence-electron chi connectivity index (χ0n) is 10.3. The molecule has 98 valence electrons. The van der Waals surface area contributed by atoms with Crippen LogP contribution in [0.15, 0.2) is 16.6 Å². The molecule has 18 heavy (non-hydrogen) atoms. The van der Waals surface area contributed by atoms with Crippen LogP contribution in [0.2, 0.25) is 0 Å². The van der Waals surface area contributed by atoms with E-state index in [1.54, 1.807) is 0 Å². The number of aryl methyl sites for hydroxylation is 2. The van der Waals surface area contributed by atoms with E-state index < -0.39 is 0 Å². The van der Waals surface area contributed by atoms with Crippen molar-refractivity contribution >= 4 is 33.4 Å². The molecule has 1 aromatic rings. The SMILES string of the molecule is Cc1cc(NC(=O)CNC(=O)CN)cc(C)c1Br. The van der Waals surface area contributed by atoms with Gasteiger partial charge >= 0.3 is 0 Å². The van der Waals surface area contributed by atoms with Crippen molar-refractivity contribution in [3.8, 4) is 0 Å². The van der Waals surface area contributed by atoms with Crippen molar-refractivity contribution in [2.24, 2.45) is 5.73 Å².